The van der Waals surface area contributed by atoms with Gasteiger partial charge in [0.1, 0.15) is 0 Å². The first-order valence-corrected chi connectivity index (χ1v) is 9.79. The number of aromatic nitrogens is 3. The number of hydrogen-bond donors (Lipinski definition) is 0. The van der Waals surface area contributed by atoms with E-state index in [1.807, 2.05) is 30.5 Å². The molecule has 0 aliphatic carbocycles. The zero-order chi connectivity index (χ0) is 17.9. The van der Waals surface area contributed by atoms with E-state index in [0.29, 0.717) is 0 Å². The molecule has 0 saturated carbocycles. The summed E-state index contributed by atoms with van der Waals surface area (Å²) in [5.41, 5.74) is 5.80. The Balaban J connectivity index is 1.68. The van der Waals surface area contributed by atoms with Crippen LogP contribution in [-0.4, -0.2) is 14.5 Å². The van der Waals surface area contributed by atoms with Crippen LogP contribution in [0, 0.1) is 6.92 Å². The van der Waals surface area contributed by atoms with Crippen LogP contribution in [-0.2, 0) is 12.3 Å². The number of thioether (sulfide) groups is 1. The summed E-state index contributed by atoms with van der Waals surface area (Å²) in [5, 5.41) is 1.76. The third-order valence-corrected chi connectivity index (χ3v) is 5.64. The molecule has 0 aliphatic rings. The molecule has 0 aliphatic heterocycles. The van der Waals surface area contributed by atoms with E-state index in [2.05, 4.69) is 46.8 Å². The van der Waals surface area contributed by atoms with E-state index >= 15 is 0 Å². The Morgan fingerprint density at radius 3 is 2.81 bits per heavy atom. The van der Waals surface area contributed by atoms with Crippen molar-refractivity contribution in [2.24, 2.45) is 0 Å². The van der Waals surface area contributed by atoms with E-state index in [-0.39, 0.29) is 0 Å². The average Bonchev–Trinajstić information content (AvgIpc) is 3.00. The monoisotopic (exact) mass is 379 g/mol. The molecule has 0 unspecified atom stereocenters. The second-order valence-electron chi connectivity index (χ2n) is 6.19. The highest BCUT2D eigenvalue weighted by atomic mass is 35.5. The van der Waals surface area contributed by atoms with Crippen molar-refractivity contribution in [3.8, 4) is 0 Å². The van der Waals surface area contributed by atoms with E-state index in [1.54, 1.807) is 18.0 Å². The fourth-order valence-electron chi connectivity index (χ4n) is 2.94. The molecule has 0 atom stereocenters. The van der Waals surface area contributed by atoms with E-state index in [1.165, 1.54) is 16.7 Å². The zero-order valence-electron chi connectivity index (χ0n) is 14.4. The average molecular weight is 380 g/mol. The molecule has 0 radical (unpaired) electrons. The van der Waals surface area contributed by atoms with Crippen LogP contribution in [0.25, 0.3) is 11.0 Å². The lowest BCUT2D eigenvalue weighted by molar-refractivity contribution is 0.727. The molecule has 130 valence electrons. The molecule has 3 nitrogen and oxygen atoms in total. The Labute approximate surface area is 162 Å². The van der Waals surface area contributed by atoms with Gasteiger partial charge in [0.2, 0.25) is 0 Å². The molecule has 26 heavy (non-hydrogen) atoms. The van der Waals surface area contributed by atoms with Gasteiger partial charge in [0.25, 0.3) is 0 Å². The third-order valence-electron chi connectivity index (χ3n) is 4.36. The maximum absolute atomic E-state index is 6.11. The normalized spacial score (nSPS) is 11.2. The van der Waals surface area contributed by atoms with Crippen LogP contribution in [0.2, 0.25) is 5.02 Å². The van der Waals surface area contributed by atoms with Crippen molar-refractivity contribution in [2.75, 3.05) is 0 Å². The third kappa shape index (κ3) is 3.62. The van der Waals surface area contributed by atoms with Crippen LogP contribution >= 0.6 is 23.4 Å². The molecule has 0 N–H and O–H groups in total. The summed E-state index contributed by atoms with van der Waals surface area (Å²) in [7, 11) is 0. The van der Waals surface area contributed by atoms with Crippen LogP contribution < -0.4 is 0 Å². The molecule has 2 aromatic heterocycles. The fourth-order valence-corrected chi connectivity index (χ4v) is 4.11. The number of rotatable bonds is 5. The lowest BCUT2D eigenvalue weighted by atomic mass is 10.1. The minimum absolute atomic E-state index is 0.765. The molecule has 0 fully saturated rings. The van der Waals surface area contributed by atoms with E-state index in [4.69, 9.17) is 16.6 Å². The van der Waals surface area contributed by atoms with Crippen LogP contribution in [0.1, 0.15) is 16.7 Å². The summed E-state index contributed by atoms with van der Waals surface area (Å²) in [4.78, 5) is 9.12. The first-order valence-electron chi connectivity index (χ1n) is 8.43. The first-order chi connectivity index (χ1) is 12.7. The smallest absolute Gasteiger partial charge is 0.169 e. The molecule has 5 heteroatoms. The summed E-state index contributed by atoms with van der Waals surface area (Å²) in [6, 6.07) is 18.4. The van der Waals surface area contributed by atoms with Crippen molar-refractivity contribution in [2.45, 2.75) is 24.4 Å². The van der Waals surface area contributed by atoms with Gasteiger partial charge in [-0.2, -0.15) is 0 Å². The number of imidazole rings is 1. The van der Waals surface area contributed by atoms with Gasteiger partial charge in [-0.15, -0.1) is 0 Å². The zero-order valence-corrected chi connectivity index (χ0v) is 16.0. The summed E-state index contributed by atoms with van der Waals surface area (Å²) >= 11 is 7.83. The molecule has 0 amide bonds. The highest BCUT2D eigenvalue weighted by Gasteiger charge is 2.13. The second-order valence-corrected chi connectivity index (χ2v) is 7.57. The molecular weight excluding hydrogens is 362 g/mol. The van der Waals surface area contributed by atoms with Gasteiger partial charge in [0.15, 0.2) is 5.16 Å². The predicted octanol–water partition coefficient (Wildman–Crippen LogP) is 5.73. The van der Waals surface area contributed by atoms with Crippen molar-refractivity contribution < 1.29 is 0 Å². The maximum Gasteiger partial charge on any atom is 0.169 e. The maximum atomic E-state index is 6.11. The topological polar surface area (TPSA) is 30.7 Å². The van der Waals surface area contributed by atoms with Gasteiger partial charge in [0, 0.05) is 17.0 Å². The van der Waals surface area contributed by atoms with Gasteiger partial charge in [-0.3, -0.25) is 4.98 Å². The SMILES string of the molecule is Cc1ccccc1Cn1c(SCc2cccc(Cl)c2)nc2ccncc21. The van der Waals surface area contributed by atoms with Crippen LogP contribution in [0.3, 0.4) is 0 Å². The number of fused-ring (bicyclic) bond motifs is 1. The van der Waals surface area contributed by atoms with Gasteiger partial charge in [-0.05, 0) is 41.8 Å². The Bertz CT molecular complexity index is 1060. The first kappa shape index (κ1) is 17.1. The van der Waals surface area contributed by atoms with Gasteiger partial charge >= 0.3 is 0 Å². The Morgan fingerprint density at radius 2 is 1.96 bits per heavy atom. The molecule has 0 bridgehead atoms. The largest absolute Gasteiger partial charge is 0.313 e. The Morgan fingerprint density at radius 1 is 1.08 bits per heavy atom. The molecular formula is C21H18ClN3S. The van der Waals surface area contributed by atoms with E-state index < -0.39 is 0 Å². The summed E-state index contributed by atoms with van der Waals surface area (Å²) < 4.78 is 2.25. The van der Waals surface area contributed by atoms with Crippen LogP contribution in [0.4, 0.5) is 0 Å². The van der Waals surface area contributed by atoms with Gasteiger partial charge < -0.3 is 4.57 Å². The fraction of sp³-hybridized carbons (Fsp3) is 0.143. The van der Waals surface area contributed by atoms with Crippen molar-refractivity contribution in [3.05, 3.63) is 88.7 Å². The number of pyridine rings is 1. The van der Waals surface area contributed by atoms with Gasteiger partial charge in [-0.25, -0.2) is 4.98 Å². The molecule has 0 saturated heterocycles. The van der Waals surface area contributed by atoms with Crippen molar-refractivity contribution in [3.63, 3.8) is 0 Å². The predicted molar refractivity (Wildman–Crippen MR) is 109 cm³/mol. The number of halogens is 1. The quantitative estimate of drug-likeness (QED) is 0.414. The Kier molecular flexibility index (Phi) is 4.96. The molecule has 2 heterocycles. The highest BCUT2D eigenvalue weighted by molar-refractivity contribution is 7.98. The van der Waals surface area contributed by atoms with E-state index in [9.17, 15) is 0 Å². The minimum atomic E-state index is 0.765. The van der Waals surface area contributed by atoms with Gasteiger partial charge in [-0.1, -0.05) is 59.8 Å². The second kappa shape index (κ2) is 7.52. The number of hydrogen-bond acceptors (Lipinski definition) is 3. The van der Waals surface area contributed by atoms with Crippen LogP contribution in [0.5, 0.6) is 0 Å². The molecule has 4 rings (SSSR count). The standard InChI is InChI=1S/C21H18ClN3S/c1-15-5-2-3-7-17(15)13-25-20-12-23-10-9-19(20)24-21(25)26-14-16-6-4-8-18(22)11-16/h2-12H,13-14H2,1H3. The minimum Gasteiger partial charge on any atom is -0.313 e. The lowest BCUT2D eigenvalue weighted by Crippen LogP contribution is -2.03. The number of benzene rings is 2. The van der Waals surface area contributed by atoms with Crippen molar-refractivity contribution in [1.82, 2.24) is 14.5 Å². The molecule has 0 spiro atoms. The van der Waals surface area contributed by atoms with Crippen LogP contribution in [0.15, 0.2) is 72.1 Å². The van der Waals surface area contributed by atoms with Crippen molar-refractivity contribution >= 4 is 34.4 Å². The highest BCUT2D eigenvalue weighted by Crippen LogP contribution is 2.28. The van der Waals surface area contributed by atoms with E-state index in [0.717, 1.165) is 33.5 Å². The Hall–Kier alpha value is -2.30. The number of aryl methyl sites for hydroxylation is 1. The molecule has 4 aromatic rings. The summed E-state index contributed by atoms with van der Waals surface area (Å²) in [5.74, 6) is 0.824. The van der Waals surface area contributed by atoms with Gasteiger partial charge in [0.05, 0.1) is 23.8 Å². The summed E-state index contributed by atoms with van der Waals surface area (Å²) in [6.45, 7) is 2.93. The lowest BCUT2D eigenvalue weighted by Gasteiger charge is -2.11. The summed E-state index contributed by atoms with van der Waals surface area (Å²) in [6.07, 6.45) is 3.68. The van der Waals surface area contributed by atoms with Crippen molar-refractivity contribution in [1.29, 1.82) is 0 Å². The number of nitrogens with zero attached hydrogens (tertiary/aromatic N) is 3. The molecule has 2 aromatic carbocycles.